The summed E-state index contributed by atoms with van der Waals surface area (Å²) < 4.78 is 0.950. The second-order valence-electron chi connectivity index (χ2n) is 8.75. The van der Waals surface area contributed by atoms with E-state index >= 15 is 0 Å². The molecule has 29 heavy (non-hydrogen) atoms. The quantitative estimate of drug-likeness (QED) is 0.584. The highest BCUT2D eigenvalue weighted by molar-refractivity contribution is 5.85. The van der Waals surface area contributed by atoms with Crippen LogP contribution in [0.2, 0.25) is 0 Å². The fraction of sp³-hybridized carbons (Fsp3) is 0.500. The van der Waals surface area contributed by atoms with E-state index in [9.17, 15) is 4.79 Å². The zero-order valence-corrected chi connectivity index (χ0v) is 20.1. The summed E-state index contributed by atoms with van der Waals surface area (Å²) in [6, 6.07) is 15.2. The molecule has 0 aliphatic carbocycles. The summed E-state index contributed by atoms with van der Waals surface area (Å²) in [6.45, 7) is 11.9. The van der Waals surface area contributed by atoms with Crippen LogP contribution in [-0.2, 0) is 17.8 Å². The van der Waals surface area contributed by atoms with E-state index in [4.69, 9.17) is 0 Å². The van der Waals surface area contributed by atoms with Gasteiger partial charge < -0.3 is 21.5 Å². The maximum Gasteiger partial charge on any atom is 0.194 e. The molecule has 1 heterocycles. The normalized spacial score (nSPS) is 16.7. The van der Waals surface area contributed by atoms with Crippen molar-refractivity contribution in [1.82, 2.24) is 0 Å². The number of hydrogen-bond acceptors (Lipinski definition) is 1. The van der Waals surface area contributed by atoms with Gasteiger partial charge in [-0.2, -0.15) is 0 Å². The third-order valence-corrected chi connectivity index (χ3v) is 6.87. The van der Waals surface area contributed by atoms with Crippen LogP contribution in [0.5, 0.6) is 0 Å². The second-order valence-corrected chi connectivity index (χ2v) is 8.75. The predicted molar refractivity (Wildman–Crippen MR) is 117 cm³/mol. The predicted octanol–water partition coefficient (Wildman–Crippen LogP) is 2.71. The van der Waals surface area contributed by atoms with Crippen LogP contribution in [0.15, 0.2) is 42.5 Å². The Balaban J connectivity index is 0.00000300. The summed E-state index contributed by atoms with van der Waals surface area (Å²) in [7, 11) is 0. The van der Waals surface area contributed by atoms with Crippen molar-refractivity contribution in [1.29, 1.82) is 0 Å². The Morgan fingerprint density at radius 2 is 1.48 bits per heavy atom. The first kappa shape index (κ1) is 23.8. The SMILES string of the molecule is CCC(C(=O)Cc1c(C)cccc1C)[N+]1(Cc2ccccc2C)CCCCC1.[Br-]. The number of rotatable bonds is 7. The smallest absolute Gasteiger partial charge is 0.194 e. The van der Waals surface area contributed by atoms with Crippen molar-refractivity contribution in [2.24, 2.45) is 0 Å². The number of piperidine rings is 1. The number of nitrogens with zero attached hydrogens (tertiary/aromatic N) is 1. The van der Waals surface area contributed by atoms with Crippen molar-refractivity contribution in [2.75, 3.05) is 13.1 Å². The Morgan fingerprint density at radius 3 is 2.07 bits per heavy atom. The summed E-state index contributed by atoms with van der Waals surface area (Å²) in [6.07, 6.45) is 5.27. The minimum atomic E-state index is 0. The van der Waals surface area contributed by atoms with Crippen molar-refractivity contribution in [3.05, 3.63) is 70.3 Å². The van der Waals surface area contributed by atoms with E-state index in [2.05, 4.69) is 70.2 Å². The fourth-order valence-corrected chi connectivity index (χ4v) is 5.19. The van der Waals surface area contributed by atoms with Crippen LogP contribution in [-0.4, -0.2) is 29.4 Å². The van der Waals surface area contributed by atoms with Crippen LogP contribution >= 0.6 is 0 Å². The van der Waals surface area contributed by atoms with Crippen molar-refractivity contribution in [3.8, 4) is 0 Å². The average molecular weight is 458 g/mol. The summed E-state index contributed by atoms with van der Waals surface area (Å²) >= 11 is 0. The lowest BCUT2D eigenvalue weighted by atomic mass is 9.90. The van der Waals surface area contributed by atoms with Gasteiger partial charge in [0.05, 0.1) is 13.1 Å². The fourth-order valence-electron chi connectivity index (χ4n) is 5.19. The molecule has 1 atom stereocenters. The topological polar surface area (TPSA) is 17.1 Å². The molecule has 0 N–H and O–H groups in total. The van der Waals surface area contributed by atoms with Crippen LogP contribution in [0.3, 0.4) is 0 Å². The number of carbonyl (C=O) groups excluding carboxylic acids is 1. The monoisotopic (exact) mass is 457 g/mol. The highest BCUT2D eigenvalue weighted by Crippen LogP contribution is 2.30. The van der Waals surface area contributed by atoms with Gasteiger partial charge in [-0.3, -0.25) is 4.79 Å². The molecule has 2 aromatic carbocycles. The zero-order valence-electron chi connectivity index (χ0n) is 18.5. The molecule has 3 heteroatoms. The van der Waals surface area contributed by atoms with E-state index in [1.54, 1.807) is 0 Å². The molecule has 2 aromatic rings. The number of hydrogen-bond donors (Lipinski definition) is 0. The minimum absolute atomic E-state index is 0. The van der Waals surface area contributed by atoms with Crippen LogP contribution in [0.4, 0.5) is 0 Å². The first-order valence-electron chi connectivity index (χ1n) is 10.9. The van der Waals surface area contributed by atoms with E-state index in [1.165, 1.54) is 47.1 Å². The number of quaternary nitrogens is 1. The van der Waals surface area contributed by atoms with Gasteiger partial charge in [0.15, 0.2) is 5.78 Å². The van der Waals surface area contributed by atoms with Gasteiger partial charge >= 0.3 is 0 Å². The molecular formula is C26H36BrNO. The molecule has 1 aliphatic rings. The lowest BCUT2D eigenvalue weighted by Gasteiger charge is -2.47. The number of benzene rings is 2. The maximum atomic E-state index is 13.6. The van der Waals surface area contributed by atoms with E-state index in [0.29, 0.717) is 12.2 Å². The zero-order chi connectivity index (χ0) is 20.1. The Hall–Kier alpha value is -1.45. The van der Waals surface area contributed by atoms with Crippen LogP contribution in [0.25, 0.3) is 0 Å². The summed E-state index contributed by atoms with van der Waals surface area (Å²) in [5.41, 5.74) is 6.47. The minimum Gasteiger partial charge on any atom is -1.00 e. The van der Waals surface area contributed by atoms with E-state index < -0.39 is 0 Å². The number of Topliss-reactive ketones (excluding diaryl/α,β-unsaturated/α-hetero) is 1. The number of carbonyl (C=O) groups is 1. The molecule has 2 nitrogen and oxygen atoms in total. The van der Waals surface area contributed by atoms with Gasteiger partial charge in [0.1, 0.15) is 12.6 Å². The third-order valence-electron chi connectivity index (χ3n) is 6.87. The van der Waals surface area contributed by atoms with Crippen LogP contribution < -0.4 is 17.0 Å². The van der Waals surface area contributed by atoms with Crippen LogP contribution in [0.1, 0.15) is 60.4 Å². The largest absolute Gasteiger partial charge is 1.00 e. The molecule has 0 amide bonds. The van der Waals surface area contributed by atoms with Gasteiger partial charge in [0, 0.05) is 18.4 Å². The van der Waals surface area contributed by atoms with Crippen molar-refractivity contribution >= 4 is 5.78 Å². The molecule has 3 rings (SSSR count). The third kappa shape index (κ3) is 5.38. The number of likely N-dealkylation sites (tertiary alicyclic amines) is 1. The molecule has 1 fully saturated rings. The number of aryl methyl sites for hydroxylation is 3. The number of ketones is 1. The molecule has 1 aliphatic heterocycles. The molecule has 0 saturated carbocycles. The molecule has 0 bridgehead atoms. The highest BCUT2D eigenvalue weighted by Gasteiger charge is 2.41. The van der Waals surface area contributed by atoms with Crippen molar-refractivity contribution < 1.29 is 26.3 Å². The summed E-state index contributed by atoms with van der Waals surface area (Å²) in [5.74, 6) is 0.426. The first-order valence-corrected chi connectivity index (χ1v) is 10.9. The molecule has 1 unspecified atom stereocenters. The Kier molecular flexibility index (Phi) is 8.66. The molecule has 158 valence electrons. The van der Waals surface area contributed by atoms with Gasteiger partial charge in [-0.1, -0.05) is 49.4 Å². The first-order chi connectivity index (χ1) is 13.5. The Bertz CT molecular complexity index is 803. The standard InChI is InChI=1S/C26H36NO.BrH/c1-5-25(26(28)18-24-21(3)13-11-14-22(24)4)27(16-9-6-10-17-27)19-23-15-8-7-12-20(23)2;/h7-8,11-15,25H,5-6,9-10,16-19H2,1-4H3;1H/q+1;/p-1. The maximum absolute atomic E-state index is 13.6. The highest BCUT2D eigenvalue weighted by atomic mass is 79.9. The van der Waals surface area contributed by atoms with Gasteiger partial charge in [0.25, 0.3) is 0 Å². The van der Waals surface area contributed by atoms with E-state index in [0.717, 1.165) is 30.5 Å². The lowest BCUT2D eigenvalue weighted by Crippen LogP contribution is -3.00. The molecule has 0 spiro atoms. The van der Waals surface area contributed by atoms with Crippen LogP contribution in [0, 0.1) is 20.8 Å². The van der Waals surface area contributed by atoms with E-state index in [-0.39, 0.29) is 23.0 Å². The summed E-state index contributed by atoms with van der Waals surface area (Å²) in [4.78, 5) is 13.6. The van der Waals surface area contributed by atoms with Crippen molar-refractivity contribution in [2.45, 2.75) is 72.4 Å². The Labute approximate surface area is 187 Å². The lowest BCUT2D eigenvalue weighted by molar-refractivity contribution is -0.959. The molecule has 0 aromatic heterocycles. The van der Waals surface area contributed by atoms with Gasteiger partial charge in [-0.25, -0.2) is 0 Å². The Morgan fingerprint density at radius 1 is 0.897 bits per heavy atom. The van der Waals surface area contributed by atoms with Gasteiger partial charge in [-0.05, 0) is 62.3 Å². The van der Waals surface area contributed by atoms with E-state index in [1.807, 2.05) is 0 Å². The molecule has 0 radical (unpaired) electrons. The number of halogens is 1. The molecule has 1 saturated heterocycles. The summed E-state index contributed by atoms with van der Waals surface area (Å²) in [5, 5.41) is 0. The average Bonchev–Trinajstić information content (AvgIpc) is 2.68. The molecular weight excluding hydrogens is 422 g/mol. The van der Waals surface area contributed by atoms with Crippen molar-refractivity contribution in [3.63, 3.8) is 0 Å². The second kappa shape index (κ2) is 10.5. The van der Waals surface area contributed by atoms with Gasteiger partial charge in [-0.15, -0.1) is 0 Å². The van der Waals surface area contributed by atoms with Gasteiger partial charge in [0.2, 0.25) is 0 Å².